The summed E-state index contributed by atoms with van der Waals surface area (Å²) in [6.45, 7) is 14.2. The fourth-order valence-corrected chi connectivity index (χ4v) is 13.7. The molecule has 0 aromatic carbocycles. The first-order valence-corrected chi connectivity index (χ1v) is 43.7. The Hall–Kier alpha value is -1.94. The zero-order valence-electron chi connectivity index (χ0n) is 64.4. The van der Waals surface area contributed by atoms with E-state index in [1.165, 1.54) is 199 Å². The van der Waals surface area contributed by atoms with E-state index in [4.69, 9.17) is 37.0 Å². The highest BCUT2D eigenvalue weighted by Crippen LogP contribution is 2.45. The summed E-state index contributed by atoms with van der Waals surface area (Å²) in [5.41, 5.74) is 0. The van der Waals surface area contributed by atoms with Crippen LogP contribution in [0.4, 0.5) is 0 Å². The zero-order chi connectivity index (χ0) is 72.4. The number of ether oxygens (including phenoxy) is 4. The van der Waals surface area contributed by atoms with E-state index in [0.29, 0.717) is 31.6 Å². The van der Waals surface area contributed by atoms with Crippen molar-refractivity contribution in [3.05, 3.63) is 0 Å². The third-order valence-electron chi connectivity index (χ3n) is 18.3. The van der Waals surface area contributed by atoms with Crippen LogP contribution in [0.5, 0.6) is 0 Å². The number of hydrogen-bond acceptors (Lipinski definition) is 15. The minimum Gasteiger partial charge on any atom is -0.462 e. The molecule has 19 heteroatoms. The second-order valence-electron chi connectivity index (χ2n) is 30.4. The van der Waals surface area contributed by atoms with Gasteiger partial charge in [-0.2, -0.15) is 0 Å². The molecule has 582 valence electrons. The molecule has 0 fully saturated rings. The molecular formula is C79H154O17P2. The number of aliphatic hydroxyl groups excluding tert-OH is 1. The maximum Gasteiger partial charge on any atom is 0.472 e. The summed E-state index contributed by atoms with van der Waals surface area (Å²) >= 11 is 0. The van der Waals surface area contributed by atoms with Crippen LogP contribution >= 0.6 is 15.6 Å². The Morgan fingerprint density at radius 2 is 0.429 bits per heavy atom. The number of aliphatic hydroxyl groups is 1. The van der Waals surface area contributed by atoms with Gasteiger partial charge < -0.3 is 33.8 Å². The van der Waals surface area contributed by atoms with E-state index in [0.717, 1.165) is 114 Å². The molecule has 0 radical (unpaired) electrons. The quantitative estimate of drug-likeness (QED) is 0.0222. The second kappa shape index (κ2) is 68.2. The summed E-state index contributed by atoms with van der Waals surface area (Å²) in [6, 6.07) is 0. The van der Waals surface area contributed by atoms with Crippen molar-refractivity contribution in [1.29, 1.82) is 0 Å². The standard InChI is InChI=1S/C79H154O17P2/c1-69(2)55-47-39-31-24-18-13-10-9-11-15-21-27-35-43-51-59-76(81)89-65-74(95-79(84)62-54-46-37-29-23-17-20-26-33-41-49-57-71(5)6)67-93-97(85,86)91-63-73(80)64-92-98(87,88)94-68-75(66-90-77(82)60-52-44-38-30-34-42-50-58-72(7)8)96-78(83)61-53-45-36-28-22-16-12-14-19-25-32-40-48-56-70(3)4/h69-75,80H,9-68H2,1-8H3,(H,85,86)(H,87,88)/t73?,74-,75-/m1/s1. The van der Waals surface area contributed by atoms with Crippen LogP contribution in [0.2, 0.25) is 0 Å². The maximum atomic E-state index is 13.1. The first-order chi connectivity index (χ1) is 47.1. The average Bonchev–Trinajstić information content (AvgIpc) is 1.01. The van der Waals surface area contributed by atoms with Gasteiger partial charge in [-0.3, -0.25) is 37.3 Å². The lowest BCUT2D eigenvalue weighted by molar-refractivity contribution is -0.161. The van der Waals surface area contributed by atoms with Gasteiger partial charge in [0.05, 0.1) is 26.4 Å². The first-order valence-electron chi connectivity index (χ1n) is 40.7. The van der Waals surface area contributed by atoms with Crippen molar-refractivity contribution in [1.82, 2.24) is 0 Å². The number of phosphoric ester groups is 2. The molecule has 5 atom stereocenters. The number of hydrogen-bond donors (Lipinski definition) is 3. The highest BCUT2D eigenvalue weighted by Gasteiger charge is 2.30. The van der Waals surface area contributed by atoms with Gasteiger partial charge in [-0.15, -0.1) is 0 Å². The Labute approximate surface area is 600 Å². The van der Waals surface area contributed by atoms with Gasteiger partial charge in [-0.1, -0.05) is 351 Å². The summed E-state index contributed by atoms with van der Waals surface area (Å²) in [5.74, 6) is 0.946. The summed E-state index contributed by atoms with van der Waals surface area (Å²) in [4.78, 5) is 72.9. The van der Waals surface area contributed by atoms with E-state index >= 15 is 0 Å². The third kappa shape index (κ3) is 72.4. The Morgan fingerprint density at radius 1 is 0.255 bits per heavy atom. The Morgan fingerprint density at radius 3 is 0.633 bits per heavy atom. The van der Waals surface area contributed by atoms with Crippen molar-refractivity contribution in [3.8, 4) is 0 Å². The predicted molar refractivity (Wildman–Crippen MR) is 400 cm³/mol. The fourth-order valence-electron chi connectivity index (χ4n) is 12.1. The smallest absolute Gasteiger partial charge is 0.462 e. The molecule has 0 saturated heterocycles. The van der Waals surface area contributed by atoms with Gasteiger partial charge in [0.25, 0.3) is 0 Å². The Kier molecular flexibility index (Phi) is 66.8. The van der Waals surface area contributed by atoms with Crippen molar-refractivity contribution in [2.75, 3.05) is 39.6 Å². The molecule has 0 aromatic rings. The molecule has 0 spiro atoms. The van der Waals surface area contributed by atoms with Crippen LogP contribution in [0, 0.1) is 23.7 Å². The highest BCUT2D eigenvalue weighted by molar-refractivity contribution is 7.47. The van der Waals surface area contributed by atoms with Gasteiger partial charge in [-0.25, -0.2) is 9.13 Å². The molecule has 3 unspecified atom stereocenters. The number of carbonyl (C=O) groups is 4. The van der Waals surface area contributed by atoms with E-state index in [9.17, 15) is 43.2 Å². The van der Waals surface area contributed by atoms with E-state index in [1.54, 1.807) is 0 Å². The monoisotopic (exact) mass is 1440 g/mol. The van der Waals surface area contributed by atoms with E-state index in [1.807, 2.05) is 0 Å². The van der Waals surface area contributed by atoms with Crippen LogP contribution in [0.1, 0.15) is 402 Å². The Bertz CT molecular complexity index is 1920. The fraction of sp³-hybridized carbons (Fsp3) is 0.949. The van der Waals surface area contributed by atoms with Gasteiger partial charge in [0, 0.05) is 25.7 Å². The van der Waals surface area contributed by atoms with Crippen LogP contribution in [-0.2, 0) is 65.4 Å². The van der Waals surface area contributed by atoms with E-state index in [2.05, 4.69) is 55.4 Å². The van der Waals surface area contributed by atoms with Crippen LogP contribution in [0.25, 0.3) is 0 Å². The third-order valence-corrected chi connectivity index (χ3v) is 20.2. The summed E-state index contributed by atoms with van der Waals surface area (Å²) in [7, 11) is -9.92. The minimum absolute atomic E-state index is 0.106. The molecule has 3 N–H and O–H groups in total. The van der Waals surface area contributed by atoms with Gasteiger partial charge >= 0.3 is 39.5 Å². The molecule has 0 aliphatic carbocycles. The van der Waals surface area contributed by atoms with Crippen molar-refractivity contribution < 1.29 is 80.2 Å². The predicted octanol–water partition coefficient (Wildman–Crippen LogP) is 23.2. The van der Waals surface area contributed by atoms with Crippen LogP contribution in [-0.4, -0.2) is 96.7 Å². The summed E-state index contributed by atoms with van der Waals surface area (Å²) in [6.07, 6.45) is 54.2. The van der Waals surface area contributed by atoms with Gasteiger partial charge in [-0.05, 0) is 49.4 Å². The van der Waals surface area contributed by atoms with Crippen molar-refractivity contribution >= 4 is 39.5 Å². The Balaban J connectivity index is 5.23. The second-order valence-corrected chi connectivity index (χ2v) is 33.3. The SMILES string of the molecule is CC(C)CCCCCCCCCCCCCCCCCC(=O)OC[C@H](COP(=O)(O)OCC(O)COP(=O)(O)OC[C@@H](COC(=O)CCCCCCCCCC(C)C)OC(=O)CCCCCCCCCCCCCCCC(C)C)OC(=O)CCCCCCCCCCCCCC(C)C. The maximum absolute atomic E-state index is 13.1. The highest BCUT2D eigenvalue weighted by atomic mass is 31.2. The normalized spacial score (nSPS) is 14.1. The summed E-state index contributed by atoms with van der Waals surface area (Å²) < 4.78 is 68.6. The largest absolute Gasteiger partial charge is 0.472 e. The molecule has 0 amide bonds. The molecule has 0 heterocycles. The number of esters is 4. The molecule has 0 aromatic heterocycles. The van der Waals surface area contributed by atoms with Gasteiger partial charge in [0.2, 0.25) is 0 Å². The number of unbranched alkanes of at least 4 members (excludes halogenated alkanes) is 42. The molecule has 0 aliphatic rings. The van der Waals surface area contributed by atoms with Gasteiger partial charge in [0.1, 0.15) is 19.3 Å². The molecule has 0 aliphatic heterocycles. The lowest BCUT2D eigenvalue weighted by Gasteiger charge is -2.21. The van der Waals surface area contributed by atoms with Crippen molar-refractivity contribution in [2.24, 2.45) is 23.7 Å². The molecule has 17 nitrogen and oxygen atoms in total. The number of rotatable bonds is 76. The zero-order valence-corrected chi connectivity index (χ0v) is 66.2. The van der Waals surface area contributed by atoms with Crippen LogP contribution in [0.3, 0.4) is 0 Å². The van der Waals surface area contributed by atoms with Gasteiger partial charge in [0.15, 0.2) is 12.2 Å². The topological polar surface area (TPSA) is 237 Å². The number of carbonyl (C=O) groups excluding carboxylic acids is 4. The van der Waals surface area contributed by atoms with E-state index < -0.39 is 97.5 Å². The minimum atomic E-state index is -4.96. The first kappa shape index (κ1) is 96.1. The van der Waals surface area contributed by atoms with Crippen LogP contribution in [0.15, 0.2) is 0 Å². The lowest BCUT2D eigenvalue weighted by Crippen LogP contribution is -2.30. The lowest BCUT2D eigenvalue weighted by atomic mass is 10.0. The molecule has 0 rings (SSSR count). The van der Waals surface area contributed by atoms with E-state index in [-0.39, 0.29) is 25.7 Å². The molecule has 98 heavy (non-hydrogen) atoms. The molecule has 0 saturated carbocycles. The van der Waals surface area contributed by atoms with Crippen molar-refractivity contribution in [2.45, 2.75) is 420 Å². The van der Waals surface area contributed by atoms with Crippen LogP contribution < -0.4 is 0 Å². The average molecular weight is 1440 g/mol. The number of phosphoric acid groups is 2. The molecule has 0 bridgehead atoms. The molecular weight excluding hydrogens is 1280 g/mol. The van der Waals surface area contributed by atoms with Crippen molar-refractivity contribution in [3.63, 3.8) is 0 Å². The summed E-state index contributed by atoms with van der Waals surface area (Å²) in [5, 5.41) is 10.6.